The highest BCUT2D eigenvalue weighted by Crippen LogP contribution is 2.23. The molecule has 1 atom stereocenters. The summed E-state index contributed by atoms with van der Waals surface area (Å²) in [5.41, 5.74) is 1.15. The van der Waals surface area contributed by atoms with Crippen molar-refractivity contribution in [2.24, 2.45) is 0 Å². The zero-order chi connectivity index (χ0) is 12.3. The van der Waals surface area contributed by atoms with Crippen LogP contribution in [0.3, 0.4) is 0 Å². The molecule has 5 heteroatoms. The maximum atomic E-state index is 11.4. The van der Waals surface area contributed by atoms with Crippen molar-refractivity contribution in [3.05, 3.63) is 34.3 Å². The number of aldehydes is 1. The fraction of sp³-hybridized carbons (Fsp3) is 0.333. The smallest absolute Gasteiger partial charge is 0.213 e. The molecule has 0 radical (unpaired) electrons. The van der Waals surface area contributed by atoms with Crippen LogP contribution in [0.1, 0.15) is 5.56 Å². The van der Waals surface area contributed by atoms with E-state index in [2.05, 4.69) is 15.9 Å². The number of nitrogens with zero attached hydrogens (tertiary/aromatic N) is 1. The van der Waals surface area contributed by atoms with Gasteiger partial charge in [-0.1, -0.05) is 28.1 Å². The molecule has 0 saturated carbocycles. The van der Waals surface area contributed by atoms with Crippen molar-refractivity contribution in [1.82, 2.24) is 4.90 Å². The molecule has 0 bridgehead atoms. The SMILES string of the molecule is O=CC(=O)C1CSCN1Cc1ccc(Br)cc1. The molecule has 1 heterocycles. The first kappa shape index (κ1) is 12.8. The summed E-state index contributed by atoms with van der Waals surface area (Å²) in [6.45, 7) is 0.713. The zero-order valence-electron chi connectivity index (χ0n) is 9.14. The van der Waals surface area contributed by atoms with Crippen molar-refractivity contribution in [2.75, 3.05) is 11.6 Å². The molecule has 3 nitrogen and oxygen atoms in total. The number of hydrogen-bond acceptors (Lipinski definition) is 4. The lowest BCUT2D eigenvalue weighted by Gasteiger charge is -2.20. The maximum absolute atomic E-state index is 11.4. The first-order valence-corrected chi connectivity index (χ1v) is 7.21. The van der Waals surface area contributed by atoms with E-state index in [4.69, 9.17) is 0 Å². The molecule has 0 amide bonds. The van der Waals surface area contributed by atoms with Gasteiger partial charge < -0.3 is 0 Å². The van der Waals surface area contributed by atoms with E-state index in [0.29, 0.717) is 18.6 Å². The van der Waals surface area contributed by atoms with Crippen LogP contribution in [0.2, 0.25) is 0 Å². The normalized spacial score (nSPS) is 20.4. The molecule has 0 aliphatic carbocycles. The van der Waals surface area contributed by atoms with Crippen LogP contribution in [0.4, 0.5) is 0 Å². The van der Waals surface area contributed by atoms with Gasteiger partial charge in [-0.15, -0.1) is 11.8 Å². The number of carbonyl (C=O) groups excluding carboxylic acids is 2. The summed E-state index contributed by atoms with van der Waals surface area (Å²) < 4.78 is 1.04. The Morgan fingerprint density at radius 3 is 2.82 bits per heavy atom. The average Bonchev–Trinajstić information content (AvgIpc) is 2.79. The summed E-state index contributed by atoms with van der Waals surface area (Å²) in [7, 11) is 0. The van der Waals surface area contributed by atoms with E-state index in [0.717, 1.165) is 15.9 Å². The van der Waals surface area contributed by atoms with Gasteiger partial charge in [0.1, 0.15) is 0 Å². The summed E-state index contributed by atoms with van der Waals surface area (Å²) in [6.07, 6.45) is 0.436. The van der Waals surface area contributed by atoms with Crippen LogP contribution in [0, 0.1) is 0 Å². The number of halogens is 1. The van der Waals surface area contributed by atoms with Crippen molar-refractivity contribution >= 4 is 39.8 Å². The molecular weight excluding hydrogens is 302 g/mol. The van der Waals surface area contributed by atoms with Crippen molar-refractivity contribution in [2.45, 2.75) is 12.6 Å². The Bertz CT molecular complexity index is 421. The van der Waals surface area contributed by atoms with E-state index in [9.17, 15) is 9.59 Å². The topological polar surface area (TPSA) is 37.4 Å². The molecule has 1 aromatic carbocycles. The molecule has 0 N–H and O–H groups in total. The molecule has 1 aliphatic rings. The summed E-state index contributed by atoms with van der Waals surface area (Å²) in [6, 6.07) is 7.76. The van der Waals surface area contributed by atoms with Crippen molar-refractivity contribution < 1.29 is 9.59 Å². The number of carbonyl (C=O) groups is 2. The fourth-order valence-corrected chi connectivity index (χ4v) is 3.27. The zero-order valence-corrected chi connectivity index (χ0v) is 11.5. The van der Waals surface area contributed by atoms with E-state index in [-0.39, 0.29) is 11.8 Å². The Labute approximate surface area is 113 Å². The monoisotopic (exact) mass is 313 g/mol. The molecule has 2 rings (SSSR count). The molecule has 1 saturated heterocycles. The van der Waals surface area contributed by atoms with E-state index in [1.165, 1.54) is 0 Å². The van der Waals surface area contributed by atoms with E-state index >= 15 is 0 Å². The number of Topliss-reactive ketones (excluding diaryl/α,β-unsaturated/α-hetero) is 1. The number of hydrogen-bond donors (Lipinski definition) is 0. The predicted molar refractivity (Wildman–Crippen MR) is 71.9 cm³/mol. The highest BCUT2D eigenvalue weighted by atomic mass is 79.9. The fourth-order valence-electron chi connectivity index (χ4n) is 1.80. The van der Waals surface area contributed by atoms with Crippen molar-refractivity contribution in [1.29, 1.82) is 0 Å². The molecule has 1 aliphatic heterocycles. The Balaban J connectivity index is 2.05. The maximum Gasteiger partial charge on any atom is 0.213 e. The summed E-state index contributed by atoms with van der Waals surface area (Å²) in [4.78, 5) is 24.0. The minimum atomic E-state index is -0.313. The highest BCUT2D eigenvalue weighted by Gasteiger charge is 2.30. The Morgan fingerprint density at radius 1 is 1.47 bits per heavy atom. The van der Waals surface area contributed by atoms with Gasteiger partial charge in [-0.25, -0.2) is 0 Å². The molecule has 1 fully saturated rings. The van der Waals surface area contributed by atoms with Gasteiger partial charge in [0.2, 0.25) is 5.78 Å². The lowest BCUT2D eigenvalue weighted by Crippen LogP contribution is -2.37. The van der Waals surface area contributed by atoms with Crippen LogP contribution < -0.4 is 0 Å². The summed E-state index contributed by atoms with van der Waals surface area (Å²) >= 11 is 5.08. The van der Waals surface area contributed by atoms with Crippen molar-refractivity contribution in [3.8, 4) is 0 Å². The van der Waals surface area contributed by atoms with Gasteiger partial charge in [0, 0.05) is 22.6 Å². The third kappa shape index (κ3) is 3.18. The number of rotatable bonds is 4. The number of benzene rings is 1. The average molecular weight is 314 g/mol. The minimum absolute atomic E-state index is 0.249. The molecule has 17 heavy (non-hydrogen) atoms. The van der Waals surface area contributed by atoms with Crippen LogP contribution >= 0.6 is 27.7 Å². The molecule has 0 spiro atoms. The minimum Gasteiger partial charge on any atom is -0.295 e. The van der Waals surface area contributed by atoms with Crippen molar-refractivity contribution in [3.63, 3.8) is 0 Å². The highest BCUT2D eigenvalue weighted by molar-refractivity contribution is 9.10. The van der Waals surface area contributed by atoms with Gasteiger partial charge in [-0.05, 0) is 17.7 Å². The molecule has 1 unspecified atom stereocenters. The Kier molecular flexibility index (Phi) is 4.36. The summed E-state index contributed by atoms with van der Waals surface area (Å²) in [5.74, 6) is 1.21. The first-order valence-electron chi connectivity index (χ1n) is 5.26. The summed E-state index contributed by atoms with van der Waals surface area (Å²) in [5, 5.41) is 0. The van der Waals surface area contributed by atoms with Gasteiger partial charge in [0.25, 0.3) is 0 Å². The predicted octanol–water partition coefficient (Wildman–Crippen LogP) is 2.09. The van der Waals surface area contributed by atoms with Crippen LogP contribution in [0.5, 0.6) is 0 Å². The third-order valence-electron chi connectivity index (χ3n) is 2.72. The van der Waals surface area contributed by atoms with Gasteiger partial charge in [-0.2, -0.15) is 0 Å². The first-order chi connectivity index (χ1) is 8.20. The molecule has 1 aromatic rings. The van der Waals surface area contributed by atoms with Crippen LogP contribution in [0.15, 0.2) is 28.7 Å². The molecule has 0 aromatic heterocycles. The van der Waals surface area contributed by atoms with E-state index < -0.39 is 0 Å². The van der Waals surface area contributed by atoms with E-state index in [1.807, 2.05) is 29.2 Å². The van der Waals surface area contributed by atoms with E-state index in [1.54, 1.807) is 11.8 Å². The standard InChI is InChI=1S/C12H12BrNO2S/c13-10-3-1-9(2-4-10)5-14-8-17-7-11(14)12(16)6-15/h1-4,6,11H,5,7-8H2. The Morgan fingerprint density at radius 2 is 2.18 bits per heavy atom. The molecule has 90 valence electrons. The largest absolute Gasteiger partial charge is 0.295 e. The van der Waals surface area contributed by atoms with Gasteiger partial charge in [0.15, 0.2) is 6.29 Å². The molecular formula is C12H12BrNO2S. The van der Waals surface area contributed by atoms with Gasteiger partial charge in [-0.3, -0.25) is 14.5 Å². The van der Waals surface area contributed by atoms with Crippen LogP contribution in [-0.2, 0) is 16.1 Å². The third-order valence-corrected chi connectivity index (χ3v) is 4.31. The number of thioether (sulfide) groups is 1. The second-order valence-electron chi connectivity index (χ2n) is 3.91. The Hall–Kier alpha value is -0.650. The van der Waals surface area contributed by atoms with Crippen LogP contribution in [0.25, 0.3) is 0 Å². The van der Waals surface area contributed by atoms with Gasteiger partial charge in [0.05, 0.1) is 6.04 Å². The second-order valence-corrected chi connectivity index (χ2v) is 5.82. The second kappa shape index (κ2) is 5.80. The number of ketones is 1. The lowest BCUT2D eigenvalue weighted by atomic mass is 10.1. The van der Waals surface area contributed by atoms with Crippen LogP contribution in [-0.4, -0.2) is 34.6 Å². The lowest BCUT2D eigenvalue weighted by molar-refractivity contribution is -0.132. The van der Waals surface area contributed by atoms with Gasteiger partial charge >= 0.3 is 0 Å². The quantitative estimate of drug-likeness (QED) is 0.630.